The number of anilines is 1. The summed E-state index contributed by atoms with van der Waals surface area (Å²) in [4.78, 5) is 14.7. The van der Waals surface area contributed by atoms with E-state index in [0.717, 1.165) is 43.7 Å². The second-order valence-corrected chi connectivity index (χ2v) is 6.37. The van der Waals surface area contributed by atoms with E-state index in [1.807, 2.05) is 19.2 Å². The molecule has 6 heteroatoms. The highest BCUT2D eigenvalue weighted by atomic mass is 16.5. The predicted octanol–water partition coefficient (Wildman–Crippen LogP) is 0.734. The van der Waals surface area contributed by atoms with Gasteiger partial charge in [0.05, 0.1) is 18.6 Å². The van der Waals surface area contributed by atoms with E-state index in [1.165, 1.54) is 5.56 Å². The molecule has 4 rings (SSSR count). The first-order chi connectivity index (χ1) is 10.7. The first-order valence-electron chi connectivity index (χ1n) is 8.03. The minimum absolute atomic E-state index is 0.00996. The molecule has 3 atom stereocenters. The topological polar surface area (TPSA) is 65.6 Å². The van der Waals surface area contributed by atoms with Gasteiger partial charge in [-0.2, -0.15) is 5.53 Å². The van der Waals surface area contributed by atoms with Gasteiger partial charge >= 0.3 is 0 Å². The van der Waals surface area contributed by atoms with Gasteiger partial charge in [-0.1, -0.05) is 6.42 Å². The van der Waals surface area contributed by atoms with Gasteiger partial charge in [0, 0.05) is 25.2 Å². The minimum Gasteiger partial charge on any atom is -0.493 e. The van der Waals surface area contributed by atoms with E-state index in [9.17, 15) is 4.79 Å². The zero-order valence-corrected chi connectivity index (χ0v) is 12.8. The lowest BCUT2D eigenvalue weighted by Crippen LogP contribution is -2.50. The Morgan fingerprint density at radius 3 is 3.14 bits per heavy atom. The van der Waals surface area contributed by atoms with Gasteiger partial charge in [0.1, 0.15) is 5.75 Å². The Kier molecular flexibility index (Phi) is 3.52. The summed E-state index contributed by atoms with van der Waals surface area (Å²) in [6.45, 7) is 0.740. The molecule has 1 aromatic carbocycles. The quantitative estimate of drug-likeness (QED) is 0.752. The number of rotatable bonds is 2. The SMILES string of the molecule is CN(C(=O)C1CCCC2NNNC21)c1ccc2c(c1)CCO2. The van der Waals surface area contributed by atoms with Gasteiger partial charge in [-0.3, -0.25) is 4.79 Å². The Labute approximate surface area is 130 Å². The van der Waals surface area contributed by atoms with Crippen molar-refractivity contribution in [3.8, 4) is 5.75 Å². The number of hydrogen-bond donors (Lipinski definition) is 3. The van der Waals surface area contributed by atoms with Gasteiger partial charge in [0.2, 0.25) is 5.91 Å². The Morgan fingerprint density at radius 1 is 1.32 bits per heavy atom. The molecule has 1 amide bonds. The highest BCUT2D eigenvalue weighted by Gasteiger charge is 2.41. The maximum Gasteiger partial charge on any atom is 0.231 e. The molecule has 2 heterocycles. The number of fused-ring (bicyclic) bond motifs is 2. The number of nitrogens with one attached hydrogen (secondary N) is 3. The van der Waals surface area contributed by atoms with Crippen molar-refractivity contribution in [1.82, 2.24) is 16.4 Å². The van der Waals surface area contributed by atoms with E-state index < -0.39 is 0 Å². The van der Waals surface area contributed by atoms with Crippen LogP contribution in [0.5, 0.6) is 5.75 Å². The summed E-state index contributed by atoms with van der Waals surface area (Å²) in [6, 6.07) is 6.54. The Bertz CT molecular complexity index is 592. The summed E-state index contributed by atoms with van der Waals surface area (Å²) in [5.74, 6) is 1.15. The zero-order valence-electron chi connectivity index (χ0n) is 12.8. The van der Waals surface area contributed by atoms with Gasteiger partial charge < -0.3 is 9.64 Å². The fourth-order valence-electron chi connectivity index (χ4n) is 3.81. The van der Waals surface area contributed by atoms with Crippen molar-refractivity contribution < 1.29 is 9.53 Å². The molecule has 22 heavy (non-hydrogen) atoms. The molecule has 0 aromatic heterocycles. The first kappa shape index (κ1) is 14.0. The minimum atomic E-state index is 0.00996. The number of amides is 1. The summed E-state index contributed by atoms with van der Waals surface area (Å²) in [5.41, 5.74) is 11.5. The van der Waals surface area contributed by atoms with Crippen molar-refractivity contribution in [3.05, 3.63) is 23.8 Å². The van der Waals surface area contributed by atoms with Crippen LogP contribution in [0.2, 0.25) is 0 Å². The van der Waals surface area contributed by atoms with Crippen LogP contribution in [0.3, 0.4) is 0 Å². The lowest BCUT2D eigenvalue weighted by molar-refractivity contribution is -0.123. The average Bonchev–Trinajstić information content (AvgIpc) is 3.20. The molecule has 0 radical (unpaired) electrons. The summed E-state index contributed by atoms with van der Waals surface area (Å²) in [6.07, 6.45) is 4.05. The van der Waals surface area contributed by atoms with Crippen LogP contribution in [0.25, 0.3) is 0 Å². The van der Waals surface area contributed by atoms with E-state index in [4.69, 9.17) is 4.74 Å². The molecular formula is C16H22N4O2. The van der Waals surface area contributed by atoms with Gasteiger partial charge in [-0.25, -0.2) is 10.9 Å². The van der Waals surface area contributed by atoms with Crippen LogP contribution < -0.4 is 26.0 Å². The van der Waals surface area contributed by atoms with Crippen LogP contribution in [0.4, 0.5) is 5.69 Å². The third kappa shape index (κ3) is 2.27. The standard InChI is InChI=1S/C16H22N4O2/c1-20(11-5-6-14-10(9-11)7-8-22-14)16(21)12-3-2-4-13-15(12)18-19-17-13/h5-6,9,12-13,15,17-19H,2-4,7-8H2,1H3. The van der Waals surface area contributed by atoms with Gasteiger partial charge in [-0.05, 0) is 36.6 Å². The molecule has 118 valence electrons. The Morgan fingerprint density at radius 2 is 2.23 bits per heavy atom. The third-order valence-electron chi connectivity index (χ3n) is 5.10. The molecule has 6 nitrogen and oxygen atoms in total. The van der Waals surface area contributed by atoms with Crippen LogP contribution in [-0.2, 0) is 11.2 Å². The molecule has 3 unspecified atom stereocenters. The second kappa shape index (κ2) is 5.53. The summed E-state index contributed by atoms with van der Waals surface area (Å²) in [7, 11) is 1.87. The lowest BCUT2D eigenvalue weighted by Gasteiger charge is -2.33. The van der Waals surface area contributed by atoms with Crippen molar-refractivity contribution in [1.29, 1.82) is 0 Å². The van der Waals surface area contributed by atoms with E-state index >= 15 is 0 Å². The van der Waals surface area contributed by atoms with Crippen molar-refractivity contribution in [2.45, 2.75) is 37.8 Å². The van der Waals surface area contributed by atoms with Gasteiger partial charge in [0.15, 0.2) is 0 Å². The van der Waals surface area contributed by atoms with Crippen molar-refractivity contribution in [2.24, 2.45) is 5.92 Å². The Balaban J connectivity index is 1.54. The second-order valence-electron chi connectivity index (χ2n) is 6.37. The molecule has 1 aliphatic carbocycles. The van der Waals surface area contributed by atoms with Gasteiger partial charge in [-0.15, -0.1) is 0 Å². The van der Waals surface area contributed by atoms with Crippen molar-refractivity contribution in [3.63, 3.8) is 0 Å². The monoisotopic (exact) mass is 302 g/mol. The van der Waals surface area contributed by atoms with Crippen LogP contribution in [0.15, 0.2) is 18.2 Å². The number of hydrogen-bond acceptors (Lipinski definition) is 5. The van der Waals surface area contributed by atoms with E-state index in [1.54, 1.807) is 4.90 Å². The summed E-state index contributed by atoms with van der Waals surface area (Å²) < 4.78 is 5.54. The third-order valence-corrected chi connectivity index (χ3v) is 5.10. The number of carbonyl (C=O) groups excluding carboxylic acids is 1. The van der Waals surface area contributed by atoms with E-state index in [-0.39, 0.29) is 17.9 Å². The van der Waals surface area contributed by atoms with Crippen LogP contribution >= 0.6 is 0 Å². The number of nitrogens with zero attached hydrogens (tertiary/aromatic N) is 1. The smallest absolute Gasteiger partial charge is 0.231 e. The van der Waals surface area contributed by atoms with Crippen LogP contribution in [0.1, 0.15) is 24.8 Å². The largest absolute Gasteiger partial charge is 0.493 e. The molecule has 1 saturated heterocycles. The maximum atomic E-state index is 12.9. The van der Waals surface area contributed by atoms with E-state index in [2.05, 4.69) is 22.5 Å². The lowest BCUT2D eigenvalue weighted by atomic mass is 9.81. The molecule has 1 aromatic rings. The molecule has 2 aliphatic heterocycles. The van der Waals surface area contributed by atoms with Crippen molar-refractivity contribution in [2.75, 3.05) is 18.6 Å². The molecule has 3 N–H and O–H groups in total. The molecular weight excluding hydrogens is 280 g/mol. The summed E-state index contributed by atoms with van der Waals surface area (Å²) >= 11 is 0. The fourth-order valence-corrected chi connectivity index (χ4v) is 3.81. The zero-order chi connectivity index (χ0) is 15.1. The van der Waals surface area contributed by atoms with Crippen molar-refractivity contribution >= 4 is 11.6 Å². The van der Waals surface area contributed by atoms with Crippen LogP contribution in [-0.4, -0.2) is 31.6 Å². The van der Waals surface area contributed by atoms with E-state index in [0.29, 0.717) is 6.04 Å². The highest BCUT2D eigenvalue weighted by molar-refractivity contribution is 5.95. The predicted molar refractivity (Wildman–Crippen MR) is 83.4 cm³/mol. The number of carbonyl (C=O) groups is 1. The highest BCUT2D eigenvalue weighted by Crippen LogP contribution is 2.32. The molecule has 0 spiro atoms. The molecule has 2 fully saturated rings. The van der Waals surface area contributed by atoms with Gasteiger partial charge in [0.25, 0.3) is 0 Å². The fraction of sp³-hybridized carbons (Fsp3) is 0.562. The normalized spacial score (nSPS) is 29.6. The molecule has 1 saturated carbocycles. The first-order valence-corrected chi connectivity index (χ1v) is 8.03. The molecule has 0 bridgehead atoms. The number of benzene rings is 1. The maximum absolute atomic E-state index is 12.9. The summed E-state index contributed by atoms with van der Waals surface area (Å²) in [5, 5.41) is 0. The van der Waals surface area contributed by atoms with Crippen LogP contribution in [0, 0.1) is 5.92 Å². The average molecular weight is 302 g/mol. The number of hydrazine groups is 2. The Hall–Kier alpha value is -1.63. The molecule has 3 aliphatic rings. The number of ether oxygens (including phenoxy) is 1.